The Balaban J connectivity index is 2.20. The van der Waals surface area contributed by atoms with E-state index < -0.39 is 16.1 Å². The van der Waals surface area contributed by atoms with Gasteiger partial charge in [0.25, 0.3) is 0 Å². The number of halogens is 1. The minimum Gasteiger partial charge on any atom is -0.497 e. The summed E-state index contributed by atoms with van der Waals surface area (Å²) in [7, 11) is -2.00. The Labute approximate surface area is 226 Å². The Morgan fingerprint density at radius 2 is 1.78 bits per heavy atom. The largest absolute Gasteiger partial charge is 0.497 e. The third-order valence-electron chi connectivity index (χ3n) is 5.98. The Bertz CT molecular complexity index is 1130. The summed E-state index contributed by atoms with van der Waals surface area (Å²) in [5.74, 6) is 0.301. The van der Waals surface area contributed by atoms with Crippen LogP contribution in [-0.4, -0.2) is 57.6 Å². The maximum Gasteiger partial charge on any atom is 0.242 e. The first-order chi connectivity index (χ1) is 17.6. The second kappa shape index (κ2) is 14.8. The molecular weight excluding hydrogens is 514 g/mol. The number of carbonyl (C=O) groups excluding carboxylic acids is 2. The third-order valence-corrected chi connectivity index (χ3v) is 7.40. The van der Waals surface area contributed by atoms with Crippen LogP contribution in [0.5, 0.6) is 5.75 Å². The molecule has 1 atom stereocenters. The molecule has 2 aromatic rings. The molecule has 2 aromatic carbocycles. The Morgan fingerprint density at radius 3 is 2.35 bits per heavy atom. The number of rotatable bonds is 15. The lowest BCUT2D eigenvalue weighted by Crippen LogP contribution is -2.49. The van der Waals surface area contributed by atoms with E-state index in [0.29, 0.717) is 29.4 Å². The SMILES string of the molecule is CCCCNC(=O)[C@@H](CC)N(Cc1ccc(OC)cc1)C(=O)CCCN(c1cccc(Cl)c1)S(C)(=O)=O. The fraction of sp³-hybridized carbons (Fsp3) is 0.481. The first-order valence-electron chi connectivity index (χ1n) is 12.5. The lowest BCUT2D eigenvalue weighted by Gasteiger charge is -2.31. The van der Waals surface area contributed by atoms with Gasteiger partial charge in [0, 0.05) is 31.1 Å². The minimum absolute atomic E-state index is 0.0848. The van der Waals surface area contributed by atoms with Crippen molar-refractivity contribution in [3.8, 4) is 5.75 Å². The van der Waals surface area contributed by atoms with Gasteiger partial charge in [-0.15, -0.1) is 0 Å². The number of carbonyl (C=O) groups is 2. The molecule has 204 valence electrons. The number of benzene rings is 2. The van der Waals surface area contributed by atoms with Crippen molar-refractivity contribution in [1.82, 2.24) is 10.2 Å². The van der Waals surface area contributed by atoms with Crippen molar-refractivity contribution in [1.29, 1.82) is 0 Å². The van der Waals surface area contributed by atoms with Crippen LogP contribution < -0.4 is 14.4 Å². The summed E-state index contributed by atoms with van der Waals surface area (Å²) in [4.78, 5) is 28.0. The summed E-state index contributed by atoms with van der Waals surface area (Å²) >= 11 is 6.06. The van der Waals surface area contributed by atoms with Gasteiger partial charge in [-0.3, -0.25) is 13.9 Å². The van der Waals surface area contributed by atoms with E-state index in [2.05, 4.69) is 5.32 Å². The molecule has 37 heavy (non-hydrogen) atoms. The van der Waals surface area contributed by atoms with E-state index >= 15 is 0 Å². The molecule has 0 aliphatic heterocycles. The van der Waals surface area contributed by atoms with Crippen molar-refractivity contribution in [2.75, 3.05) is 30.8 Å². The van der Waals surface area contributed by atoms with E-state index in [1.54, 1.807) is 36.3 Å². The summed E-state index contributed by atoms with van der Waals surface area (Å²) in [6.07, 6.45) is 3.76. The number of unbranched alkanes of at least 4 members (excludes halogenated alkanes) is 1. The van der Waals surface area contributed by atoms with E-state index in [0.717, 1.165) is 24.7 Å². The quantitative estimate of drug-likeness (QED) is 0.326. The summed E-state index contributed by atoms with van der Waals surface area (Å²) in [5, 5.41) is 3.37. The zero-order valence-electron chi connectivity index (χ0n) is 22.1. The minimum atomic E-state index is -3.58. The molecule has 8 nitrogen and oxygen atoms in total. The lowest BCUT2D eigenvalue weighted by molar-refractivity contribution is -0.141. The second-order valence-electron chi connectivity index (χ2n) is 8.86. The predicted octanol–water partition coefficient (Wildman–Crippen LogP) is 4.62. The van der Waals surface area contributed by atoms with Crippen LogP contribution >= 0.6 is 11.6 Å². The number of sulfonamides is 1. The molecule has 0 radical (unpaired) electrons. The maximum atomic E-state index is 13.5. The van der Waals surface area contributed by atoms with Gasteiger partial charge in [-0.2, -0.15) is 0 Å². The van der Waals surface area contributed by atoms with E-state index in [4.69, 9.17) is 16.3 Å². The number of amides is 2. The fourth-order valence-electron chi connectivity index (χ4n) is 3.99. The molecule has 2 rings (SSSR count). The predicted molar refractivity (Wildman–Crippen MR) is 148 cm³/mol. The fourth-order valence-corrected chi connectivity index (χ4v) is 5.13. The molecule has 10 heteroatoms. The normalized spacial score (nSPS) is 12.0. The number of hydrogen-bond acceptors (Lipinski definition) is 5. The van der Waals surface area contributed by atoms with Crippen LogP contribution in [0.1, 0.15) is 51.5 Å². The van der Waals surface area contributed by atoms with Crippen LogP contribution in [0.2, 0.25) is 5.02 Å². The van der Waals surface area contributed by atoms with Gasteiger partial charge < -0.3 is 15.0 Å². The summed E-state index contributed by atoms with van der Waals surface area (Å²) in [6, 6.07) is 13.3. The number of nitrogens with zero attached hydrogens (tertiary/aromatic N) is 2. The highest BCUT2D eigenvalue weighted by atomic mass is 35.5. The van der Waals surface area contributed by atoms with Gasteiger partial charge in [-0.1, -0.05) is 50.1 Å². The summed E-state index contributed by atoms with van der Waals surface area (Å²) in [5.41, 5.74) is 1.31. The molecule has 0 aliphatic rings. The maximum absolute atomic E-state index is 13.5. The molecular formula is C27H38ClN3O5S. The van der Waals surface area contributed by atoms with E-state index in [9.17, 15) is 18.0 Å². The first kappa shape index (κ1) is 30.4. The average molecular weight is 552 g/mol. The summed E-state index contributed by atoms with van der Waals surface area (Å²) < 4.78 is 31.3. The molecule has 2 amide bonds. The van der Waals surface area contributed by atoms with Crippen molar-refractivity contribution >= 4 is 39.1 Å². The first-order valence-corrected chi connectivity index (χ1v) is 14.8. The van der Waals surface area contributed by atoms with Gasteiger partial charge in [0.1, 0.15) is 11.8 Å². The van der Waals surface area contributed by atoms with Crippen LogP contribution in [0.3, 0.4) is 0 Å². The molecule has 0 heterocycles. The molecule has 0 bridgehead atoms. The van der Waals surface area contributed by atoms with Crippen molar-refractivity contribution < 1.29 is 22.7 Å². The van der Waals surface area contributed by atoms with Crippen LogP contribution in [0.4, 0.5) is 5.69 Å². The van der Waals surface area contributed by atoms with Gasteiger partial charge in [0.05, 0.1) is 19.1 Å². The Morgan fingerprint density at radius 1 is 1.08 bits per heavy atom. The monoisotopic (exact) mass is 551 g/mol. The number of methoxy groups -OCH3 is 1. The van der Waals surface area contributed by atoms with Crippen molar-refractivity contribution in [3.63, 3.8) is 0 Å². The zero-order chi connectivity index (χ0) is 27.4. The van der Waals surface area contributed by atoms with Crippen LogP contribution in [0, 0.1) is 0 Å². The molecule has 0 spiro atoms. The molecule has 0 saturated carbocycles. The standard InChI is InChI=1S/C27H38ClN3O5S/c1-5-7-17-29-27(33)25(6-2)30(20-21-13-15-24(36-3)16-14-21)26(32)12-9-18-31(37(4,34)35)23-11-8-10-22(28)19-23/h8,10-11,13-16,19,25H,5-7,9,12,17-18,20H2,1-4H3,(H,29,33)/t25-/m1/s1. The smallest absolute Gasteiger partial charge is 0.242 e. The Hall–Kier alpha value is -2.78. The molecule has 0 unspecified atom stereocenters. The summed E-state index contributed by atoms with van der Waals surface area (Å²) in [6.45, 7) is 4.85. The Kier molecular flexibility index (Phi) is 12.2. The van der Waals surface area contributed by atoms with Crippen LogP contribution in [0.25, 0.3) is 0 Å². The van der Waals surface area contributed by atoms with Crippen LogP contribution in [0.15, 0.2) is 48.5 Å². The van der Waals surface area contributed by atoms with Crippen molar-refractivity contribution in [2.24, 2.45) is 0 Å². The van der Waals surface area contributed by atoms with E-state index in [1.807, 2.05) is 38.1 Å². The number of nitrogens with one attached hydrogen (secondary N) is 1. The lowest BCUT2D eigenvalue weighted by atomic mass is 10.1. The third kappa shape index (κ3) is 9.55. The molecule has 1 N–H and O–H groups in total. The van der Waals surface area contributed by atoms with Gasteiger partial charge in [-0.25, -0.2) is 8.42 Å². The highest BCUT2D eigenvalue weighted by Crippen LogP contribution is 2.23. The van der Waals surface area contributed by atoms with Crippen LogP contribution in [-0.2, 0) is 26.2 Å². The number of hydrogen-bond donors (Lipinski definition) is 1. The average Bonchev–Trinajstić information content (AvgIpc) is 2.86. The molecule has 0 aliphatic carbocycles. The van der Waals surface area contributed by atoms with E-state index in [1.165, 1.54) is 4.31 Å². The zero-order valence-corrected chi connectivity index (χ0v) is 23.6. The van der Waals surface area contributed by atoms with Crippen molar-refractivity contribution in [3.05, 3.63) is 59.1 Å². The van der Waals surface area contributed by atoms with Gasteiger partial charge >= 0.3 is 0 Å². The van der Waals surface area contributed by atoms with Gasteiger partial charge in [-0.05, 0) is 55.2 Å². The number of ether oxygens (including phenoxy) is 1. The van der Waals surface area contributed by atoms with Crippen molar-refractivity contribution in [2.45, 2.75) is 58.5 Å². The highest BCUT2D eigenvalue weighted by molar-refractivity contribution is 7.92. The number of anilines is 1. The topological polar surface area (TPSA) is 96.0 Å². The molecule has 0 saturated heterocycles. The van der Waals surface area contributed by atoms with Gasteiger partial charge in [0.15, 0.2) is 0 Å². The highest BCUT2D eigenvalue weighted by Gasteiger charge is 2.28. The molecule has 0 aromatic heterocycles. The van der Waals surface area contributed by atoms with E-state index in [-0.39, 0.29) is 37.7 Å². The van der Waals surface area contributed by atoms with Gasteiger partial charge in [0.2, 0.25) is 21.8 Å². The second-order valence-corrected chi connectivity index (χ2v) is 11.2. The molecule has 0 fully saturated rings.